The smallest absolute Gasteiger partial charge is 0.338 e. The molecule has 0 aliphatic rings. The summed E-state index contributed by atoms with van der Waals surface area (Å²) in [5.74, 6) is -1.47. The van der Waals surface area contributed by atoms with E-state index in [2.05, 4.69) is 0 Å². The van der Waals surface area contributed by atoms with Crippen LogP contribution in [0.25, 0.3) is 16.4 Å². The summed E-state index contributed by atoms with van der Waals surface area (Å²) in [5, 5.41) is 28.8. The Morgan fingerprint density at radius 3 is 2.61 bits per heavy atom. The summed E-state index contributed by atoms with van der Waals surface area (Å²) >= 11 is 0. The third-order valence-corrected chi connectivity index (χ3v) is 2.92. The van der Waals surface area contributed by atoms with Gasteiger partial charge >= 0.3 is 5.97 Å². The summed E-state index contributed by atoms with van der Waals surface area (Å²) in [6.07, 6.45) is 1.68. The van der Waals surface area contributed by atoms with E-state index in [9.17, 15) is 20.1 Å². The monoisotopic (exact) mass is 243 g/mol. The van der Waals surface area contributed by atoms with E-state index in [4.69, 9.17) is 0 Å². The van der Waals surface area contributed by atoms with Crippen LogP contribution in [0.1, 0.15) is 10.4 Å². The Kier molecular flexibility index (Phi) is 1.98. The van der Waals surface area contributed by atoms with Gasteiger partial charge in [0, 0.05) is 18.3 Å². The molecule has 0 saturated heterocycles. The Labute approximate surface area is 101 Å². The molecule has 0 aliphatic carbocycles. The third-order valence-electron chi connectivity index (χ3n) is 2.92. The van der Waals surface area contributed by atoms with Crippen molar-refractivity contribution in [2.45, 2.75) is 0 Å². The van der Waals surface area contributed by atoms with Gasteiger partial charge in [-0.25, -0.2) is 4.79 Å². The van der Waals surface area contributed by atoms with Crippen LogP contribution in [0.5, 0.6) is 11.5 Å². The second kappa shape index (κ2) is 3.40. The number of aromatic carboxylic acids is 1. The highest BCUT2D eigenvalue weighted by Gasteiger charge is 2.20. The number of nitrogens with zero attached hydrogens (tertiary/aromatic N) is 1. The molecule has 18 heavy (non-hydrogen) atoms. The molecule has 0 aliphatic heterocycles. The lowest BCUT2D eigenvalue weighted by Gasteiger charge is -1.99. The van der Waals surface area contributed by atoms with E-state index in [1.165, 1.54) is 6.07 Å². The van der Waals surface area contributed by atoms with Crippen LogP contribution in [0.15, 0.2) is 36.5 Å². The van der Waals surface area contributed by atoms with Crippen LogP contribution >= 0.6 is 0 Å². The molecule has 90 valence electrons. The van der Waals surface area contributed by atoms with E-state index >= 15 is 0 Å². The van der Waals surface area contributed by atoms with Gasteiger partial charge in [-0.15, -0.1) is 0 Å². The van der Waals surface area contributed by atoms with Gasteiger partial charge in [0.1, 0.15) is 11.5 Å². The van der Waals surface area contributed by atoms with E-state index in [0.29, 0.717) is 11.0 Å². The largest absolute Gasteiger partial charge is 0.508 e. The molecule has 0 radical (unpaired) electrons. The number of carbonyl (C=O) groups is 1. The molecule has 0 amide bonds. The molecule has 0 unspecified atom stereocenters. The number of phenols is 2. The van der Waals surface area contributed by atoms with Crippen LogP contribution in [0, 0.1) is 0 Å². The van der Waals surface area contributed by atoms with Crippen LogP contribution in [0.2, 0.25) is 0 Å². The fourth-order valence-electron chi connectivity index (χ4n) is 2.24. The predicted octanol–water partition coefficient (Wildman–Crippen LogP) is 2.20. The molecular formula is C13H9NO4. The minimum Gasteiger partial charge on any atom is -0.508 e. The van der Waals surface area contributed by atoms with Crippen molar-refractivity contribution in [1.29, 1.82) is 0 Å². The Morgan fingerprint density at radius 1 is 1.11 bits per heavy atom. The number of rotatable bonds is 1. The maximum atomic E-state index is 11.3. The SMILES string of the molecule is O=C(O)c1c2c(O)cc(O)cc2n2ccccc12. The van der Waals surface area contributed by atoms with Crippen LogP contribution in [-0.4, -0.2) is 25.7 Å². The normalized spacial score (nSPS) is 11.1. The Hall–Kier alpha value is -2.69. The van der Waals surface area contributed by atoms with Gasteiger partial charge in [0.2, 0.25) is 0 Å². The van der Waals surface area contributed by atoms with Crippen molar-refractivity contribution >= 4 is 22.4 Å². The summed E-state index contributed by atoms with van der Waals surface area (Å²) in [5.41, 5.74) is 0.963. The van der Waals surface area contributed by atoms with Gasteiger partial charge in [0.15, 0.2) is 0 Å². The van der Waals surface area contributed by atoms with Crippen molar-refractivity contribution in [3.05, 3.63) is 42.1 Å². The molecule has 0 bridgehead atoms. The topological polar surface area (TPSA) is 82.2 Å². The van der Waals surface area contributed by atoms with Gasteiger partial charge in [0.25, 0.3) is 0 Å². The first-order chi connectivity index (χ1) is 8.59. The zero-order valence-corrected chi connectivity index (χ0v) is 9.16. The van der Waals surface area contributed by atoms with Crippen LogP contribution in [-0.2, 0) is 0 Å². The van der Waals surface area contributed by atoms with E-state index in [-0.39, 0.29) is 22.4 Å². The molecule has 3 rings (SSSR count). The predicted molar refractivity (Wildman–Crippen MR) is 65.2 cm³/mol. The number of carboxylic acid groups (broad SMARTS) is 1. The Balaban J connectivity index is 2.67. The zero-order valence-electron chi connectivity index (χ0n) is 9.16. The van der Waals surface area contributed by atoms with Crippen molar-refractivity contribution in [3.63, 3.8) is 0 Å². The number of aromatic hydroxyl groups is 2. The van der Waals surface area contributed by atoms with Crippen molar-refractivity contribution in [2.24, 2.45) is 0 Å². The molecule has 3 aromatic rings. The summed E-state index contributed by atoms with van der Waals surface area (Å²) < 4.78 is 1.62. The van der Waals surface area contributed by atoms with Gasteiger partial charge < -0.3 is 19.7 Å². The molecular weight excluding hydrogens is 234 g/mol. The molecule has 1 aromatic carbocycles. The number of pyridine rings is 1. The molecule has 0 spiro atoms. The molecule has 2 aromatic heterocycles. The zero-order chi connectivity index (χ0) is 12.9. The average Bonchev–Trinajstić information content (AvgIpc) is 2.64. The lowest BCUT2D eigenvalue weighted by atomic mass is 10.1. The number of hydrogen-bond acceptors (Lipinski definition) is 3. The quantitative estimate of drug-likeness (QED) is 0.612. The first kappa shape index (κ1) is 10.5. The lowest BCUT2D eigenvalue weighted by Crippen LogP contribution is -1.95. The van der Waals surface area contributed by atoms with Gasteiger partial charge in [-0.3, -0.25) is 0 Å². The molecule has 5 heteroatoms. The van der Waals surface area contributed by atoms with Gasteiger partial charge in [0.05, 0.1) is 22.0 Å². The van der Waals surface area contributed by atoms with Crippen molar-refractivity contribution in [1.82, 2.24) is 4.40 Å². The Morgan fingerprint density at radius 2 is 1.89 bits per heavy atom. The fourth-order valence-corrected chi connectivity index (χ4v) is 2.24. The summed E-state index contributed by atoms with van der Waals surface area (Å²) in [7, 11) is 0. The maximum Gasteiger partial charge on any atom is 0.338 e. The number of carboxylic acids is 1. The van der Waals surface area contributed by atoms with Crippen molar-refractivity contribution in [3.8, 4) is 11.5 Å². The van der Waals surface area contributed by atoms with Crippen LogP contribution < -0.4 is 0 Å². The first-order valence-electron chi connectivity index (χ1n) is 5.27. The number of benzene rings is 1. The molecule has 0 saturated carbocycles. The number of fused-ring (bicyclic) bond motifs is 3. The second-order valence-corrected chi connectivity index (χ2v) is 4.00. The average molecular weight is 243 g/mol. The highest BCUT2D eigenvalue weighted by molar-refractivity contribution is 6.13. The van der Waals surface area contributed by atoms with Gasteiger partial charge in [-0.05, 0) is 12.1 Å². The maximum absolute atomic E-state index is 11.3. The van der Waals surface area contributed by atoms with Crippen molar-refractivity contribution in [2.75, 3.05) is 0 Å². The minimum absolute atomic E-state index is 0.0306. The lowest BCUT2D eigenvalue weighted by molar-refractivity contribution is 0.0701. The molecule has 0 fully saturated rings. The standard InChI is InChI=1S/C13H9NO4/c15-7-5-9-11(10(16)6-7)12(13(17)18)8-3-1-2-4-14(8)9/h1-6,15-16H,(H,17,18). The van der Waals surface area contributed by atoms with E-state index in [0.717, 1.165) is 6.07 Å². The molecule has 3 N–H and O–H groups in total. The number of aromatic nitrogens is 1. The van der Waals surface area contributed by atoms with Crippen LogP contribution in [0.3, 0.4) is 0 Å². The summed E-state index contributed by atoms with van der Waals surface area (Å²) in [6, 6.07) is 7.68. The van der Waals surface area contributed by atoms with E-state index in [1.807, 2.05) is 0 Å². The molecule has 0 atom stereocenters. The number of phenolic OH excluding ortho intramolecular Hbond substituents is 2. The minimum atomic E-state index is -1.12. The third kappa shape index (κ3) is 1.24. The highest BCUT2D eigenvalue weighted by atomic mass is 16.4. The Bertz CT molecular complexity index is 788. The van der Waals surface area contributed by atoms with Crippen LogP contribution in [0.4, 0.5) is 0 Å². The summed E-state index contributed by atoms with van der Waals surface area (Å²) in [4.78, 5) is 11.3. The van der Waals surface area contributed by atoms with Crippen molar-refractivity contribution < 1.29 is 20.1 Å². The highest BCUT2D eigenvalue weighted by Crippen LogP contribution is 2.36. The first-order valence-corrected chi connectivity index (χ1v) is 5.27. The fraction of sp³-hybridized carbons (Fsp3) is 0. The second-order valence-electron chi connectivity index (χ2n) is 4.00. The molecule has 2 heterocycles. The number of hydrogen-bond donors (Lipinski definition) is 3. The van der Waals surface area contributed by atoms with E-state index in [1.54, 1.807) is 28.8 Å². The van der Waals surface area contributed by atoms with Gasteiger partial charge in [-0.2, -0.15) is 0 Å². The molecule has 5 nitrogen and oxygen atoms in total. The van der Waals surface area contributed by atoms with E-state index < -0.39 is 5.97 Å². The van der Waals surface area contributed by atoms with Gasteiger partial charge in [-0.1, -0.05) is 6.07 Å². The summed E-state index contributed by atoms with van der Waals surface area (Å²) in [6.45, 7) is 0.